The fourth-order valence-corrected chi connectivity index (χ4v) is 1.84. The summed E-state index contributed by atoms with van der Waals surface area (Å²) >= 11 is 0. The smallest absolute Gasteiger partial charge is 0.282 e. The van der Waals surface area contributed by atoms with Crippen molar-refractivity contribution in [3.8, 4) is 6.07 Å². The zero-order valence-corrected chi connectivity index (χ0v) is 12.7. The number of nitrogens with zero attached hydrogens (tertiary/aromatic N) is 3. The molecule has 0 aliphatic carbocycles. The molecule has 0 aliphatic rings. The molecule has 0 spiro atoms. The monoisotopic (exact) mass is 277 g/mol. The molecule has 0 rings (SSSR count). The summed E-state index contributed by atoms with van der Waals surface area (Å²) < 4.78 is 0. The van der Waals surface area contributed by atoms with E-state index in [2.05, 4.69) is 32.3 Å². The molecule has 0 aromatic rings. The number of hydrogen-bond acceptors (Lipinski definition) is 4. The molecule has 110 valence electrons. The molecule has 5 nitrogen and oxygen atoms in total. The molecule has 0 fully saturated rings. The molecule has 20 heavy (non-hydrogen) atoms. The van der Waals surface area contributed by atoms with Gasteiger partial charge in [-0.2, -0.15) is 5.26 Å². The van der Waals surface area contributed by atoms with E-state index in [9.17, 15) is 10.1 Å². The summed E-state index contributed by atoms with van der Waals surface area (Å²) in [6, 6.07) is 1.88. The van der Waals surface area contributed by atoms with Crippen molar-refractivity contribution in [2.45, 2.75) is 34.1 Å². The van der Waals surface area contributed by atoms with Gasteiger partial charge in [-0.3, -0.25) is 10.1 Å². The summed E-state index contributed by atoms with van der Waals surface area (Å²) in [6.45, 7) is 13.4. The second-order valence-corrected chi connectivity index (χ2v) is 4.93. The Labute approximate surface area is 121 Å². The highest BCUT2D eigenvalue weighted by Crippen LogP contribution is 2.16. The lowest BCUT2D eigenvalue weighted by atomic mass is 10.1. The maximum absolute atomic E-state index is 10.9. The van der Waals surface area contributed by atoms with Gasteiger partial charge in [0, 0.05) is 18.8 Å². The summed E-state index contributed by atoms with van der Waals surface area (Å²) in [5.41, 5.74) is 0.486. The molecular formula is C15H23N3O2. The topological polar surface area (TPSA) is 70.2 Å². The minimum absolute atomic E-state index is 0.0346. The van der Waals surface area contributed by atoms with Crippen LogP contribution in [0.4, 0.5) is 0 Å². The summed E-state index contributed by atoms with van der Waals surface area (Å²) in [7, 11) is 0. The van der Waals surface area contributed by atoms with Crippen LogP contribution >= 0.6 is 0 Å². The van der Waals surface area contributed by atoms with Crippen LogP contribution in [0.1, 0.15) is 34.1 Å². The molecule has 0 atom stereocenters. The maximum Gasteiger partial charge on any atom is 0.282 e. The van der Waals surface area contributed by atoms with Crippen molar-refractivity contribution in [2.24, 2.45) is 5.92 Å². The van der Waals surface area contributed by atoms with Crippen molar-refractivity contribution < 1.29 is 4.92 Å². The molecule has 0 aromatic heterocycles. The Bertz CT molecular complexity index is 456. The van der Waals surface area contributed by atoms with Gasteiger partial charge in [-0.1, -0.05) is 27.4 Å². The first kappa shape index (κ1) is 17.9. The molecule has 5 heteroatoms. The van der Waals surface area contributed by atoms with Crippen LogP contribution in [0.5, 0.6) is 0 Å². The van der Waals surface area contributed by atoms with E-state index in [1.807, 2.05) is 6.07 Å². The average Bonchev–Trinajstić information content (AvgIpc) is 2.36. The van der Waals surface area contributed by atoms with Crippen LogP contribution in [0.25, 0.3) is 0 Å². The number of rotatable bonds is 8. The van der Waals surface area contributed by atoms with Gasteiger partial charge < -0.3 is 4.90 Å². The average molecular weight is 277 g/mol. The maximum atomic E-state index is 10.9. The quantitative estimate of drug-likeness (QED) is 0.295. The lowest BCUT2D eigenvalue weighted by molar-refractivity contribution is -0.420. The van der Waals surface area contributed by atoms with Crippen LogP contribution in [0.3, 0.4) is 0 Å². The predicted molar refractivity (Wildman–Crippen MR) is 80.3 cm³/mol. The van der Waals surface area contributed by atoms with Crippen molar-refractivity contribution in [1.29, 1.82) is 5.26 Å². The van der Waals surface area contributed by atoms with Gasteiger partial charge in [-0.05, 0) is 31.4 Å². The first-order valence-electron chi connectivity index (χ1n) is 6.74. The normalized spacial score (nSPS) is 12.2. The molecule has 0 amide bonds. The van der Waals surface area contributed by atoms with E-state index in [0.29, 0.717) is 11.6 Å². The van der Waals surface area contributed by atoms with E-state index in [0.717, 1.165) is 19.5 Å². The van der Waals surface area contributed by atoms with Crippen molar-refractivity contribution in [2.75, 3.05) is 13.1 Å². The van der Waals surface area contributed by atoms with Gasteiger partial charge in [0.2, 0.25) is 0 Å². The number of hydrogen-bond donors (Lipinski definition) is 0. The molecule has 0 bridgehead atoms. The van der Waals surface area contributed by atoms with E-state index in [-0.39, 0.29) is 11.3 Å². The van der Waals surface area contributed by atoms with E-state index in [1.54, 1.807) is 6.92 Å². The van der Waals surface area contributed by atoms with Gasteiger partial charge in [0.15, 0.2) is 0 Å². The molecule has 0 N–H and O–H groups in total. The summed E-state index contributed by atoms with van der Waals surface area (Å²) in [5.74, 6) is 0.453. The highest BCUT2D eigenvalue weighted by molar-refractivity contribution is 5.41. The Hall–Kier alpha value is -2.09. The van der Waals surface area contributed by atoms with Crippen molar-refractivity contribution in [3.05, 3.63) is 45.8 Å². The van der Waals surface area contributed by atoms with E-state index < -0.39 is 4.92 Å². The van der Waals surface area contributed by atoms with Gasteiger partial charge in [0.25, 0.3) is 5.70 Å². The first-order chi connectivity index (χ1) is 9.37. The Morgan fingerprint density at radius 1 is 1.55 bits per heavy atom. The second kappa shape index (κ2) is 8.92. The van der Waals surface area contributed by atoms with Crippen molar-refractivity contribution in [3.63, 3.8) is 0 Å². The van der Waals surface area contributed by atoms with Crippen LogP contribution in [0, 0.1) is 27.4 Å². The first-order valence-corrected chi connectivity index (χ1v) is 6.74. The molecule has 0 unspecified atom stereocenters. The zero-order valence-electron chi connectivity index (χ0n) is 12.7. The van der Waals surface area contributed by atoms with Gasteiger partial charge in [0.1, 0.15) is 11.6 Å². The molecule has 0 aliphatic heterocycles. The summed E-state index contributed by atoms with van der Waals surface area (Å²) in [6.07, 6.45) is 3.78. The molecule has 0 aromatic carbocycles. The van der Waals surface area contributed by atoms with Crippen molar-refractivity contribution >= 4 is 0 Å². The lowest BCUT2D eigenvalue weighted by Crippen LogP contribution is -2.27. The number of nitriles is 1. The van der Waals surface area contributed by atoms with Gasteiger partial charge in [-0.15, -0.1) is 0 Å². The largest absolute Gasteiger partial charge is 0.372 e. The van der Waals surface area contributed by atoms with Crippen LogP contribution in [-0.4, -0.2) is 22.9 Å². The number of allylic oxidation sites excluding steroid dienone is 3. The third-order valence-corrected chi connectivity index (χ3v) is 2.66. The highest BCUT2D eigenvalue weighted by Gasteiger charge is 2.17. The summed E-state index contributed by atoms with van der Waals surface area (Å²) in [4.78, 5) is 12.4. The van der Waals surface area contributed by atoms with E-state index in [1.165, 1.54) is 12.2 Å². The third-order valence-electron chi connectivity index (χ3n) is 2.66. The van der Waals surface area contributed by atoms with Crippen LogP contribution in [0.2, 0.25) is 0 Å². The standard InChI is InChI=1S/C15H23N3O2/c1-6-8-17(11-12(3)4)13(5)9-14(10-16)15(7-2)18(19)20/h7,9,12H,5-6,8,11H2,1-4H3/b14-9?,15-7+. The highest BCUT2D eigenvalue weighted by atomic mass is 16.6. The summed E-state index contributed by atoms with van der Waals surface area (Å²) in [5, 5.41) is 20.0. The predicted octanol–water partition coefficient (Wildman–Crippen LogP) is 3.50. The Balaban J connectivity index is 5.28. The molecular weight excluding hydrogens is 254 g/mol. The SMILES string of the molecule is C=C(C=C(C#N)/C(=C\C)[N+](=O)[O-])N(CCC)CC(C)C. The Morgan fingerprint density at radius 3 is 2.50 bits per heavy atom. The zero-order chi connectivity index (χ0) is 15.7. The minimum Gasteiger partial charge on any atom is -0.372 e. The fourth-order valence-electron chi connectivity index (χ4n) is 1.84. The van der Waals surface area contributed by atoms with Gasteiger partial charge in [0.05, 0.1) is 4.92 Å². The molecule has 0 saturated heterocycles. The van der Waals surface area contributed by atoms with E-state index >= 15 is 0 Å². The fraction of sp³-hybridized carbons (Fsp3) is 0.533. The molecule has 0 heterocycles. The van der Waals surface area contributed by atoms with Crippen LogP contribution in [-0.2, 0) is 0 Å². The Kier molecular flexibility index (Phi) is 7.98. The molecule has 0 radical (unpaired) electrons. The van der Waals surface area contributed by atoms with Crippen LogP contribution in [0.15, 0.2) is 35.7 Å². The van der Waals surface area contributed by atoms with E-state index in [4.69, 9.17) is 5.26 Å². The van der Waals surface area contributed by atoms with Gasteiger partial charge in [-0.25, -0.2) is 0 Å². The third kappa shape index (κ3) is 5.70. The van der Waals surface area contributed by atoms with Crippen molar-refractivity contribution in [1.82, 2.24) is 4.90 Å². The number of nitro groups is 1. The minimum atomic E-state index is -0.547. The van der Waals surface area contributed by atoms with Crippen LogP contribution < -0.4 is 0 Å². The van der Waals surface area contributed by atoms with Gasteiger partial charge >= 0.3 is 0 Å². The Morgan fingerprint density at radius 2 is 2.15 bits per heavy atom. The lowest BCUT2D eigenvalue weighted by Gasteiger charge is -2.26. The second-order valence-electron chi connectivity index (χ2n) is 4.93. The molecule has 0 saturated carbocycles.